The maximum absolute atomic E-state index is 12.8. The molecule has 6 nitrogen and oxygen atoms in total. The standard InChI is InChI=1S/C14H26N4O2S/c1-3-7-15-10-13-11-16-17-14(13)21(19,20)18-8-4-5-12(2)6-9-18/h11-12,15H,3-10H2,1-2H3,(H,16,17). The molecule has 0 spiro atoms. The molecule has 21 heavy (non-hydrogen) atoms. The van der Waals surface area contributed by atoms with E-state index in [0.717, 1.165) is 37.8 Å². The lowest BCUT2D eigenvalue weighted by atomic mass is 10.0. The molecule has 0 aromatic carbocycles. The lowest BCUT2D eigenvalue weighted by Gasteiger charge is -2.19. The molecular weight excluding hydrogens is 288 g/mol. The molecule has 1 unspecified atom stereocenters. The topological polar surface area (TPSA) is 78.1 Å². The van der Waals surface area contributed by atoms with Gasteiger partial charge in [0.15, 0.2) is 5.03 Å². The van der Waals surface area contributed by atoms with Crippen LogP contribution in [0.4, 0.5) is 0 Å². The summed E-state index contributed by atoms with van der Waals surface area (Å²) in [7, 11) is -3.46. The summed E-state index contributed by atoms with van der Waals surface area (Å²) in [5.74, 6) is 0.595. The largest absolute Gasteiger partial charge is 0.313 e. The molecule has 1 saturated heterocycles. The van der Waals surface area contributed by atoms with Gasteiger partial charge in [-0.15, -0.1) is 0 Å². The van der Waals surface area contributed by atoms with Gasteiger partial charge in [-0.3, -0.25) is 5.10 Å². The molecule has 1 aliphatic heterocycles. The summed E-state index contributed by atoms with van der Waals surface area (Å²) < 4.78 is 27.2. The van der Waals surface area contributed by atoms with Crippen LogP contribution in [0.15, 0.2) is 11.2 Å². The van der Waals surface area contributed by atoms with Gasteiger partial charge in [-0.25, -0.2) is 8.42 Å². The molecule has 0 bridgehead atoms. The molecule has 1 aromatic rings. The van der Waals surface area contributed by atoms with Crippen molar-refractivity contribution < 1.29 is 8.42 Å². The van der Waals surface area contributed by atoms with Crippen LogP contribution >= 0.6 is 0 Å². The van der Waals surface area contributed by atoms with E-state index in [0.29, 0.717) is 25.6 Å². The minimum atomic E-state index is -3.46. The van der Waals surface area contributed by atoms with Gasteiger partial charge in [0, 0.05) is 25.2 Å². The van der Waals surface area contributed by atoms with Gasteiger partial charge in [-0.2, -0.15) is 9.40 Å². The molecule has 0 saturated carbocycles. The number of sulfonamides is 1. The average Bonchev–Trinajstić information content (AvgIpc) is 2.81. The summed E-state index contributed by atoms with van der Waals surface area (Å²) in [5.41, 5.74) is 0.723. The second-order valence-electron chi connectivity index (χ2n) is 5.84. The van der Waals surface area contributed by atoms with E-state index in [4.69, 9.17) is 0 Å². The smallest absolute Gasteiger partial charge is 0.260 e. The van der Waals surface area contributed by atoms with Crippen molar-refractivity contribution in [1.29, 1.82) is 0 Å². The predicted octanol–water partition coefficient (Wildman–Crippen LogP) is 1.72. The lowest BCUT2D eigenvalue weighted by molar-refractivity contribution is 0.414. The molecule has 0 amide bonds. The molecule has 120 valence electrons. The fourth-order valence-electron chi connectivity index (χ4n) is 2.65. The van der Waals surface area contributed by atoms with Gasteiger partial charge in [0.2, 0.25) is 0 Å². The summed E-state index contributed by atoms with van der Waals surface area (Å²) in [5, 5.41) is 10.1. The van der Waals surface area contributed by atoms with E-state index in [1.54, 1.807) is 10.5 Å². The van der Waals surface area contributed by atoms with Gasteiger partial charge in [0.05, 0.1) is 6.20 Å². The fourth-order valence-corrected chi connectivity index (χ4v) is 4.25. The maximum atomic E-state index is 12.8. The Labute approximate surface area is 127 Å². The average molecular weight is 314 g/mol. The van der Waals surface area contributed by atoms with E-state index in [2.05, 4.69) is 29.4 Å². The minimum absolute atomic E-state index is 0.251. The highest BCUT2D eigenvalue weighted by Crippen LogP contribution is 2.23. The summed E-state index contributed by atoms with van der Waals surface area (Å²) >= 11 is 0. The van der Waals surface area contributed by atoms with E-state index in [1.807, 2.05) is 0 Å². The number of H-pyrrole nitrogens is 1. The number of nitrogens with one attached hydrogen (secondary N) is 2. The Bertz CT molecular complexity index is 541. The van der Waals surface area contributed by atoms with Crippen molar-refractivity contribution in [2.45, 2.75) is 51.1 Å². The van der Waals surface area contributed by atoms with Gasteiger partial charge >= 0.3 is 0 Å². The number of rotatable bonds is 6. The molecule has 1 atom stereocenters. The molecule has 0 radical (unpaired) electrons. The highest BCUT2D eigenvalue weighted by Gasteiger charge is 2.29. The quantitative estimate of drug-likeness (QED) is 0.784. The zero-order chi connectivity index (χ0) is 15.3. The van der Waals surface area contributed by atoms with Crippen molar-refractivity contribution >= 4 is 10.0 Å². The fraction of sp³-hybridized carbons (Fsp3) is 0.786. The highest BCUT2D eigenvalue weighted by atomic mass is 32.2. The first-order chi connectivity index (χ1) is 10.1. The molecule has 1 fully saturated rings. The zero-order valence-corrected chi connectivity index (χ0v) is 13.7. The van der Waals surface area contributed by atoms with Gasteiger partial charge in [0.1, 0.15) is 0 Å². The van der Waals surface area contributed by atoms with Crippen LogP contribution in [0.2, 0.25) is 0 Å². The third kappa shape index (κ3) is 4.05. The summed E-state index contributed by atoms with van der Waals surface area (Å²) in [4.78, 5) is 0. The van der Waals surface area contributed by atoms with Crippen molar-refractivity contribution in [3.63, 3.8) is 0 Å². The maximum Gasteiger partial charge on any atom is 0.260 e. The molecule has 2 N–H and O–H groups in total. The Morgan fingerprint density at radius 3 is 3.00 bits per heavy atom. The van der Waals surface area contributed by atoms with E-state index in [1.165, 1.54) is 0 Å². The van der Waals surface area contributed by atoms with E-state index in [9.17, 15) is 8.42 Å². The monoisotopic (exact) mass is 314 g/mol. The molecule has 0 aliphatic carbocycles. The number of hydrogen-bond donors (Lipinski definition) is 2. The molecular formula is C14H26N4O2S. The number of hydrogen-bond acceptors (Lipinski definition) is 4. The van der Waals surface area contributed by atoms with Gasteiger partial charge in [-0.05, 0) is 38.1 Å². The van der Waals surface area contributed by atoms with Gasteiger partial charge in [-0.1, -0.05) is 13.8 Å². The molecule has 2 heterocycles. The Kier molecular flexibility index (Phi) is 5.78. The van der Waals surface area contributed by atoms with E-state index >= 15 is 0 Å². The van der Waals surface area contributed by atoms with Gasteiger partial charge < -0.3 is 5.32 Å². The summed E-state index contributed by atoms with van der Waals surface area (Å²) in [6.07, 6.45) is 5.58. The van der Waals surface area contributed by atoms with E-state index in [-0.39, 0.29) is 5.03 Å². The summed E-state index contributed by atoms with van der Waals surface area (Å²) in [6, 6.07) is 0. The van der Waals surface area contributed by atoms with Crippen LogP contribution < -0.4 is 5.32 Å². The van der Waals surface area contributed by atoms with Crippen LogP contribution in [-0.2, 0) is 16.6 Å². The zero-order valence-electron chi connectivity index (χ0n) is 12.9. The third-order valence-corrected chi connectivity index (χ3v) is 5.91. The van der Waals surface area contributed by atoms with Crippen LogP contribution in [0.5, 0.6) is 0 Å². The first-order valence-electron chi connectivity index (χ1n) is 7.78. The van der Waals surface area contributed by atoms with E-state index < -0.39 is 10.0 Å². The van der Waals surface area contributed by atoms with Gasteiger partial charge in [0.25, 0.3) is 10.0 Å². The van der Waals surface area contributed by atoms with Crippen LogP contribution in [-0.4, -0.2) is 42.6 Å². The normalized spacial score (nSPS) is 21.3. The Morgan fingerprint density at radius 2 is 2.24 bits per heavy atom. The van der Waals surface area contributed by atoms with Crippen LogP contribution in [0.1, 0.15) is 45.1 Å². The number of nitrogens with zero attached hydrogens (tertiary/aromatic N) is 2. The van der Waals surface area contributed by atoms with Crippen molar-refractivity contribution in [3.8, 4) is 0 Å². The highest BCUT2D eigenvalue weighted by molar-refractivity contribution is 7.89. The second-order valence-corrected chi connectivity index (χ2v) is 7.72. The second kappa shape index (κ2) is 7.38. The number of aromatic amines is 1. The van der Waals surface area contributed by atoms with Crippen molar-refractivity contribution in [2.75, 3.05) is 19.6 Å². The third-order valence-electron chi connectivity index (χ3n) is 3.99. The Morgan fingerprint density at radius 1 is 1.43 bits per heavy atom. The Balaban J connectivity index is 2.13. The van der Waals surface area contributed by atoms with Crippen LogP contribution in [0, 0.1) is 5.92 Å². The minimum Gasteiger partial charge on any atom is -0.313 e. The molecule has 1 aromatic heterocycles. The lowest BCUT2D eigenvalue weighted by Crippen LogP contribution is -2.33. The molecule has 2 rings (SSSR count). The predicted molar refractivity (Wildman–Crippen MR) is 82.4 cm³/mol. The first-order valence-corrected chi connectivity index (χ1v) is 9.22. The number of aromatic nitrogens is 2. The SMILES string of the molecule is CCCNCc1cn[nH]c1S(=O)(=O)N1CCCC(C)CC1. The molecule has 1 aliphatic rings. The van der Waals surface area contributed by atoms with Crippen LogP contribution in [0.3, 0.4) is 0 Å². The van der Waals surface area contributed by atoms with Crippen molar-refractivity contribution in [1.82, 2.24) is 19.8 Å². The van der Waals surface area contributed by atoms with Crippen molar-refractivity contribution in [3.05, 3.63) is 11.8 Å². The van der Waals surface area contributed by atoms with Crippen molar-refractivity contribution in [2.24, 2.45) is 5.92 Å². The van der Waals surface area contributed by atoms with Crippen LogP contribution in [0.25, 0.3) is 0 Å². The summed E-state index contributed by atoms with van der Waals surface area (Å²) in [6.45, 7) is 6.87. The molecule has 7 heteroatoms. The Hall–Kier alpha value is -0.920. The first kappa shape index (κ1) is 16.5.